The lowest BCUT2D eigenvalue weighted by Crippen LogP contribution is -2.29. The molecule has 1 aromatic heterocycles. The van der Waals surface area contributed by atoms with Crippen LogP contribution < -0.4 is 5.32 Å². The van der Waals surface area contributed by atoms with Gasteiger partial charge in [0, 0.05) is 13.1 Å². The van der Waals surface area contributed by atoms with Crippen LogP contribution in [-0.2, 0) is 6.54 Å². The number of hydrogen-bond donors (Lipinski definition) is 1. The molecule has 0 saturated heterocycles. The Balaban J connectivity index is 1.77. The molecule has 0 bridgehead atoms. The molecular weight excluding hydrogens is 220 g/mol. The van der Waals surface area contributed by atoms with Gasteiger partial charge in [0.25, 0.3) is 0 Å². The third-order valence-electron chi connectivity index (χ3n) is 2.99. The molecule has 1 heterocycles. The van der Waals surface area contributed by atoms with E-state index >= 15 is 0 Å². The molecule has 4 nitrogen and oxygen atoms in total. The molecule has 1 aromatic rings. The molecule has 1 aliphatic carbocycles. The van der Waals surface area contributed by atoms with Gasteiger partial charge in [-0.05, 0) is 32.7 Å². The summed E-state index contributed by atoms with van der Waals surface area (Å²) in [5, 5.41) is 13.5. The van der Waals surface area contributed by atoms with E-state index in [0.717, 1.165) is 29.1 Å². The highest BCUT2D eigenvalue weighted by Crippen LogP contribution is 2.27. The van der Waals surface area contributed by atoms with Crippen molar-refractivity contribution in [2.75, 3.05) is 25.5 Å². The first-order chi connectivity index (χ1) is 7.78. The van der Waals surface area contributed by atoms with Gasteiger partial charge in [0.1, 0.15) is 5.01 Å². The first-order valence-electron chi connectivity index (χ1n) is 6.02. The highest BCUT2D eigenvalue weighted by atomic mass is 32.1. The van der Waals surface area contributed by atoms with Crippen molar-refractivity contribution >= 4 is 16.5 Å². The van der Waals surface area contributed by atoms with Crippen LogP contribution in [0.2, 0.25) is 0 Å². The zero-order chi connectivity index (χ0) is 11.4. The summed E-state index contributed by atoms with van der Waals surface area (Å²) < 4.78 is 0. The van der Waals surface area contributed by atoms with Gasteiger partial charge >= 0.3 is 0 Å². The maximum atomic E-state index is 4.19. The Morgan fingerprint density at radius 2 is 2.25 bits per heavy atom. The SMILES string of the molecule is CCNc1nnc(CN(C)CC2CCC2)s1. The lowest BCUT2D eigenvalue weighted by Gasteiger charge is -2.29. The molecule has 0 spiro atoms. The van der Waals surface area contributed by atoms with Gasteiger partial charge in [-0.25, -0.2) is 0 Å². The van der Waals surface area contributed by atoms with E-state index in [0.29, 0.717) is 0 Å². The molecule has 0 aromatic carbocycles. The van der Waals surface area contributed by atoms with Gasteiger partial charge in [0.15, 0.2) is 0 Å². The van der Waals surface area contributed by atoms with Crippen LogP contribution >= 0.6 is 11.3 Å². The normalized spacial score (nSPS) is 16.4. The monoisotopic (exact) mass is 240 g/mol. The Morgan fingerprint density at radius 1 is 1.44 bits per heavy atom. The van der Waals surface area contributed by atoms with Crippen LogP contribution in [0.4, 0.5) is 5.13 Å². The predicted octanol–water partition coefficient (Wildman–Crippen LogP) is 2.20. The predicted molar refractivity (Wildman–Crippen MR) is 67.7 cm³/mol. The molecule has 0 atom stereocenters. The zero-order valence-electron chi connectivity index (χ0n) is 10.1. The molecule has 0 unspecified atom stereocenters. The molecule has 1 aliphatic rings. The van der Waals surface area contributed by atoms with Crippen LogP contribution in [0.3, 0.4) is 0 Å². The summed E-state index contributed by atoms with van der Waals surface area (Å²) in [5.74, 6) is 0.922. The number of nitrogens with one attached hydrogen (secondary N) is 1. The summed E-state index contributed by atoms with van der Waals surface area (Å²) in [4.78, 5) is 2.36. The minimum Gasteiger partial charge on any atom is -0.360 e. The highest BCUT2D eigenvalue weighted by Gasteiger charge is 2.19. The van der Waals surface area contributed by atoms with E-state index in [1.165, 1.54) is 25.8 Å². The third-order valence-corrected chi connectivity index (χ3v) is 3.86. The van der Waals surface area contributed by atoms with Gasteiger partial charge < -0.3 is 5.32 Å². The number of rotatable bonds is 6. The molecule has 0 amide bonds. The van der Waals surface area contributed by atoms with Gasteiger partial charge in [-0.15, -0.1) is 10.2 Å². The summed E-state index contributed by atoms with van der Waals surface area (Å²) in [6.45, 7) is 5.12. The summed E-state index contributed by atoms with van der Waals surface area (Å²) in [7, 11) is 2.17. The zero-order valence-corrected chi connectivity index (χ0v) is 10.9. The van der Waals surface area contributed by atoms with Gasteiger partial charge in [0.05, 0.1) is 6.54 Å². The lowest BCUT2D eigenvalue weighted by atomic mass is 9.85. The van der Waals surface area contributed by atoms with E-state index in [-0.39, 0.29) is 0 Å². The topological polar surface area (TPSA) is 41.1 Å². The van der Waals surface area contributed by atoms with E-state index in [2.05, 4.69) is 34.4 Å². The van der Waals surface area contributed by atoms with Gasteiger partial charge in [0.2, 0.25) is 5.13 Å². The van der Waals surface area contributed by atoms with Crippen molar-refractivity contribution in [3.63, 3.8) is 0 Å². The maximum absolute atomic E-state index is 4.19. The molecule has 0 aliphatic heterocycles. The second kappa shape index (κ2) is 5.59. The Hall–Kier alpha value is -0.680. The minimum absolute atomic E-state index is 0.909. The molecule has 2 rings (SSSR count). The minimum atomic E-state index is 0.909. The van der Waals surface area contributed by atoms with Crippen molar-refractivity contribution < 1.29 is 0 Å². The standard InChI is InChI=1S/C11H20N4S/c1-3-12-11-14-13-10(16-11)8-15(2)7-9-5-4-6-9/h9H,3-8H2,1-2H3,(H,12,14). The van der Waals surface area contributed by atoms with Gasteiger partial charge in [-0.2, -0.15) is 0 Å². The number of anilines is 1. The molecule has 90 valence electrons. The molecule has 1 saturated carbocycles. The fourth-order valence-electron chi connectivity index (χ4n) is 1.95. The molecule has 1 N–H and O–H groups in total. The Labute approximate surface area is 101 Å². The largest absolute Gasteiger partial charge is 0.360 e. The van der Waals surface area contributed by atoms with Crippen LogP contribution in [0.5, 0.6) is 0 Å². The van der Waals surface area contributed by atoms with Gasteiger partial charge in [-0.3, -0.25) is 4.90 Å². The van der Waals surface area contributed by atoms with Crippen molar-refractivity contribution in [1.82, 2.24) is 15.1 Å². The second-order valence-electron chi connectivity index (χ2n) is 4.52. The summed E-state index contributed by atoms with van der Waals surface area (Å²) in [6, 6.07) is 0. The smallest absolute Gasteiger partial charge is 0.205 e. The number of nitrogens with zero attached hydrogens (tertiary/aromatic N) is 3. The Kier molecular flexibility index (Phi) is 4.12. The second-order valence-corrected chi connectivity index (χ2v) is 5.59. The van der Waals surface area contributed by atoms with Crippen LogP contribution in [0.15, 0.2) is 0 Å². The van der Waals surface area contributed by atoms with E-state index in [1.54, 1.807) is 11.3 Å². The summed E-state index contributed by atoms with van der Waals surface area (Å²) in [6.07, 6.45) is 4.23. The average Bonchev–Trinajstić information content (AvgIpc) is 2.60. The van der Waals surface area contributed by atoms with Gasteiger partial charge in [-0.1, -0.05) is 17.8 Å². The lowest BCUT2D eigenvalue weighted by molar-refractivity contribution is 0.200. The summed E-state index contributed by atoms with van der Waals surface area (Å²) in [5.41, 5.74) is 0. The molecule has 5 heteroatoms. The first kappa shape index (κ1) is 11.8. The quantitative estimate of drug-likeness (QED) is 0.827. The Bertz CT molecular complexity index is 322. The Morgan fingerprint density at radius 3 is 2.88 bits per heavy atom. The molecule has 1 fully saturated rings. The third kappa shape index (κ3) is 3.15. The van der Waals surface area contributed by atoms with Crippen LogP contribution in [0, 0.1) is 5.92 Å². The fraction of sp³-hybridized carbons (Fsp3) is 0.818. The molecule has 0 radical (unpaired) electrons. The van der Waals surface area contributed by atoms with Crippen LogP contribution in [-0.4, -0.2) is 35.2 Å². The van der Waals surface area contributed by atoms with Crippen molar-refractivity contribution in [2.45, 2.75) is 32.7 Å². The first-order valence-corrected chi connectivity index (χ1v) is 6.84. The van der Waals surface area contributed by atoms with Crippen LogP contribution in [0.1, 0.15) is 31.2 Å². The van der Waals surface area contributed by atoms with E-state index in [9.17, 15) is 0 Å². The van der Waals surface area contributed by atoms with Crippen LogP contribution in [0.25, 0.3) is 0 Å². The molecule has 16 heavy (non-hydrogen) atoms. The van der Waals surface area contributed by atoms with Crippen molar-refractivity contribution in [2.24, 2.45) is 5.92 Å². The van der Waals surface area contributed by atoms with E-state index in [1.807, 2.05) is 0 Å². The average molecular weight is 240 g/mol. The molecular formula is C11H20N4S. The number of hydrogen-bond acceptors (Lipinski definition) is 5. The van der Waals surface area contributed by atoms with Crippen molar-refractivity contribution in [3.05, 3.63) is 5.01 Å². The van der Waals surface area contributed by atoms with E-state index < -0.39 is 0 Å². The highest BCUT2D eigenvalue weighted by molar-refractivity contribution is 7.15. The summed E-state index contributed by atoms with van der Waals surface area (Å²) >= 11 is 1.66. The van der Waals surface area contributed by atoms with E-state index in [4.69, 9.17) is 0 Å². The fourth-order valence-corrected chi connectivity index (χ4v) is 2.84. The number of aromatic nitrogens is 2. The van der Waals surface area contributed by atoms with Crippen molar-refractivity contribution in [1.29, 1.82) is 0 Å². The maximum Gasteiger partial charge on any atom is 0.205 e. The van der Waals surface area contributed by atoms with Crippen molar-refractivity contribution in [3.8, 4) is 0 Å².